The lowest BCUT2D eigenvalue weighted by Gasteiger charge is -2.22. The summed E-state index contributed by atoms with van der Waals surface area (Å²) in [6, 6.07) is 3.63. The maximum atomic E-state index is 12.8. The van der Waals surface area contributed by atoms with Gasteiger partial charge in [-0.25, -0.2) is 4.79 Å². The molecule has 1 amide bonds. The fourth-order valence-electron chi connectivity index (χ4n) is 2.37. The first-order chi connectivity index (χ1) is 10.3. The lowest BCUT2D eigenvalue weighted by molar-refractivity contribution is -0.149. The molecule has 0 saturated carbocycles. The molecule has 1 saturated heterocycles. The number of nitrogens with zero attached hydrogens (tertiary/aromatic N) is 1. The Labute approximate surface area is 124 Å². The van der Waals surface area contributed by atoms with Gasteiger partial charge in [-0.2, -0.15) is 13.2 Å². The Morgan fingerprint density at radius 1 is 1.32 bits per heavy atom. The number of ether oxygens (including phenoxy) is 1. The summed E-state index contributed by atoms with van der Waals surface area (Å²) in [5.41, 5.74) is -0.973. The summed E-state index contributed by atoms with van der Waals surface area (Å²) >= 11 is 0. The van der Waals surface area contributed by atoms with Gasteiger partial charge in [0.25, 0.3) is 5.91 Å². The van der Waals surface area contributed by atoms with Crippen LogP contribution in [0.3, 0.4) is 0 Å². The summed E-state index contributed by atoms with van der Waals surface area (Å²) in [5, 5.41) is 8.99. The van der Waals surface area contributed by atoms with Crippen molar-refractivity contribution in [2.75, 3.05) is 13.2 Å². The second-order valence-corrected chi connectivity index (χ2v) is 4.87. The molecule has 5 nitrogen and oxygen atoms in total. The number of para-hydroxylation sites is 1. The molecule has 1 unspecified atom stereocenters. The van der Waals surface area contributed by atoms with Crippen LogP contribution in [0.5, 0.6) is 5.75 Å². The van der Waals surface area contributed by atoms with Crippen LogP contribution in [-0.2, 0) is 15.8 Å². The van der Waals surface area contributed by atoms with Crippen LogP contribution in [0.4, 0.5) is 13.2 Å². The summed E-state index contributed by atoms with van der Waals surface area (Å²) in [5.74, 6) is -2.21. The van der Waals surface area contributed by atoms with E-state index in [2.05, 4.69) is 0 Å². The molecule has 1 aromatic carbocycles. The Hall–Kier alpha value is -2.25. The van der Waals surface area contributed by atoms with E-state index in [4.69, 9.17) is 9.84 Å². The van der Waals surface area contributed by atoms with Crippen molar-refractivity contribution in [2.45, 2.75) is 25.1 Å². The zero-order valence-corrected chi connectivity index (χ0v) is 11.5. The first kappa shape index (κ1) is 16.1. The monoisotopic (exact) mass is 317 g/mol. The molecule has 22 heavy (non-hydrogen) atoms. The van der Waals surface area contributed by atoms with Crippen LogP contribution < -0.4 is 4.74 Å². The first-order valence-electron chi connectivity index (χ1n) is 6.62. The number of hydrogen-bond acceptors (Lipinski definition) is 3. The summed E-state index contributed by atoms with van der Waals surface area (Å²) in [7, 11) is 0. The van der Waals surface area contributed by atoms with Crippen molar-refractivity contribution in [3.8, 4) is 5.75 Å². The third-order valence-corrected chi connectivity index (χ3v) is 3.40. The fraction of sp³-hybridized carbons (Fsp3) is 0.429. The van der Waals surface area contributed by atoms with Gasteiger partial charge in [-0.15, -0.1) is 0 Å². The smallest absolute Gasteiger partial charge is 0.419 e. The number of aliphatic carboxylic acids is 1. The minimum Gasteiger partial charge on any atom is -0.483 e. The number of benzene rings is 1. The number of alkyl halides is 3. The summed E-state index contributed by atoms with van der Waals surface area (Å²) in [6.45, 7) is -0.364. The normalized spacial score (nSPS) is 18.3. The van der Waals surface area contributed by atoms with Crippen molar-refractivity contribution in [3.63, 3.8) is 0 Å². The van der Waals surface area contributed by atoms with Crippen LogP contribution in [0.2, 0.25) is 0 Å². The van der Waals surface area contributed by atoms with Crippen LogP contribution in [0, 0.1) is 0 Å². The van der Waals surface area contributed by atoms with Crippen molar-refractivity contribution < 1.29 is 32.6 Å². The molecule has 0 bridgehead atoms. The zero-order chi connectivity index (χ0) is 16.3. The van der Waals surface area contributed by atoms with Gasteiger partial charge in [0, 0.05) is 6.54 Å². The number of likely N-dealkylation sites (tertiary alicyclic amines) is 1. The average Bonchev–Trinajstić information content (AvgIpc) is 2.93. The largest absolute Gasteiger partial charge is 0.483 e. The lowest BCUT2D eigenvalue weighted by atomic mass is 10.2. The number of carbonyl (C=O) groups is 2. The Morgan fingerprint density at radius 3 is 2.64 bits per heavy atom. The van der Waals surface area contributed by atoms with Crippen LogP contribution in [-0.4, -0.2) is 41.1 Å². The van der Waals surface area contributed by atoms with E-state index in [0.717, 1.165) is 17.0 Å². The van der Waals surface area contributed by atoms with Gasteiger partial charge in [0.15, 0.2) is 6.61 Å². The highest BCUT2D eigenvalue weighted by molar-refractivity contribution is 5.85. The van der Waals surface area contributed by atoms with E-state index in [1.54, 1.807) is 0 Å². The van der Waals surface area contributed by atoms with Crippen LogP contribution in [0.1, 0.15) is 18.4 Å². The quantitative estimate of drug-likeness (QED) is 0.924. The average molecular weight is 317 g/mol. The van der Waals surface area contributed by atoms with Crippen LogP contribution >= 0.6 is 0 Å². The van der Waals surface area contributed by atoms with Crippen molar-refractivity contribution in [1.29, 1.82) is 0 Å². The number of carboxylic acids is 1. The van der Waals surface area contributed by atoms with E-state index in [1.165, 1.54) is 12.1 Å². The van der Waals surface area contributed by atoms with Crippen molar-refractivity contribution in [2.24, 2.45) is 0 Å². The topological polar surface area (TPSA) is 66.8 Å². The van der Waals surface area contributed by atoms with Gasteiger partial charge < -0.3 is 14.7 Å². The standard InChI is InChI=1S/C14H14F3NO4/c15-14(16,17)9-4-1-2-6-11(9)22-8-12(19)18-7-3-5-10(18)13(20)21/h1-2,4,6,10H,3,5,7-8H2,(H,20,21). The summed E-state index contributed by atoms with van der Waals surface area (Å²) < 4.78 is 43.3. The van der Waals surface area contributed by atoms with E-state index >= 15 is 0 Å². The molecule has 0 spiro atoms. The molecule has 8 heteroatoms. The summed E-state index contributed by atoms with van der Waals surface area (Å²) in [6.07, 6.45) is -3.71. The molecule has 120 valence electrons. The van der Waals surface area contributed by atoms with E-state index in [1.807, 2.05) is 0 Å². The molecule has 0 aromatic heterocycles. The Kier molecular flexibility index (Phi) is 4.58. The van der Waals surface area contributed by atoms with E-state index in [-0.39, 0.29) is 6.54 Å². The Morgan fingerprint density at radius 2 is 2.00 bits per heavy atom. The van der Waals surface area contributed by atoms with E-state index in [0.29, 0.717) is 12.8 Å². The van der Waals surface area contributed by atoms with Crippen LogP contribution in [0.25, 0.3) is 0 Å². The van der Waals surface area contributed by atoms with Gasteiger partial charge in [-0.1, -0.05) is 12.1 Å². The number of carbonyl (C=O) groups excluding carboxylic acids is 1. The lowest BCUT2D eigenvalue weighted by Crippen LogP contribution is -2.42. The molecule has 2 rings (SSSR count). The van der Waals surface area contributed by atoms with Gasteiger partial charge in [-0.05, 0) is 25.0 Å². The Bertz CT molecular complexity index is 573. The molecule has 1 fully saturated rings. The second kappa shape index (κ2) is 6.25. The maximum Gasteiger partial charge on any atom is 0.419 e. The fourth-order valence-corrected chi connectivity index (χ4v) is 2.37. The molecule has 1 atom stereocenters. The first-order valence-corrected chi connectivity index (χ1v) is 6.62. The van der Waals surface area contributed by atoms with E-state index in [9.17, 15) is 22.8 Å². The molecule has 1 aliphatic heterocycles. The molecular formula is C14H14F3NO4. The van der Waals surface area contributed by atoms with Crippen LogP contribution in [0.15, 0.2) is 24.3 Å². The highest BCUT2D eigenvalue weighted by Crippen LogP contribution is 2.35. The van der Waals surface area contributed by atoms with E-state index < -0.39 is 42.0 Å². The van der Waals surface area contributed by atoms with Gasteiger partial charge in [0.2, 0.25) is 0 Å². The third-order valence-electron chi connectivity index (χ3n) is 3.40. The van der Waals surface area contributed by atoms with Gasteiger partial charge in [-0.3, -0.25) is 4.79 Å². The molecule has 0 radical (unpaired) electrons. The number of amides is 1. The van der Waals surface area contributed by atoms with Gasteiger partial charge in [0.05, 0.1) is 5.56 Å². The molecular weight excluding hydrogens is 303 g/mol. The second-order valence-electron chi connectivity index (χ2n) is 4.87. The van der Waals surface area contributed by atoms with Crippen molar-refractivity contribution in [3.05, 3.63) is 29.8 Å². The molecule has 1 aromatic rings. The number of rotatable bonds is 4. The number of hydrogen-bond donors (Lipinski definition) is 1. The minimum absolute atomic E-state index is 0.264. The summed E-state index contributed by atoms with van der Waals surface area (Å²) in [4.78, 5) is 24.1. The SMILES string of the molecule is O=C(O)C1CCCN1C(=O)COc1ccccc1C(F)(F)F. The van der Waals surface area contributed by atoms with Crippen molar-refractivity contribution in [1.82, 2.24) is 4.90 Å². The maximum absolute atomic E-state index is 12.8. The number of carboxylic acid groups (broad SMARTS) is 1. The van der Waals surface area contributed by atoms with Gasteiger partial charge >= 0.3 is 12.1 Å². The molecule has 1 aliphatic rings. The predicted octanol–water partition coefficient (Wildman–Crippen LogP) is 2.16. The molecule has 1 N–H and O–H groups in total. The zero-order valence-electron chi connectivity index (χ0n) is 11.5. The minimum atomic E-state index is -4.59. The third kappa shape index (κ3) is 3.49. The molecule has 0 aliphatic carbocycles. The highest BCUT2D eigenvalue weighted by Gasteiger charge is 2.36. The highest BCUT2D eigenvalue weighted by atomic mass is 19.4. The van der Waals surface area contributed by atoms with Gasteiger partial charge in [0.1, 0.15) is 11.8 Å². The predicted molar refractivity (Wildman–Crippen MR) is 69.3 cm³/mol. The number of halogens is 3. The molecule has 1 heterocycles. The van der Waals surface area contributed by atoms with Crippen molar-refractivity contribution >= 4 is 11.9 Å². The Balaban J connectivity index is 2.05.